The summed E-state index contributed by atoms with van der Waals surface area (Å²) < 4.78 is 38.2. The fourth-order valence-corrected chi connectivity index (χ4v) is 1.41. The zero-order valence-electron chi connectivity index (χ0n) is 8.91. The summed E-state index contributed by atoms with van der Waals surface area (Å²) in [6.45, 7) is 0.843. The summed E-state index contributed by atoms with van der Waals surface area (Å²) >= 11 is 0. The van der Waals surface area contributed by atoms with Crippen molar-refractivity contribution in [3.05, 3.63) is 38.9 Å². The Kier molecular flexibility index (Phi) is 3.37. The van der Waals surface area contributed by atoms with Gasteiger partial charge in [-0.3, -0.25) is 14.9 Å². The zero-order chi connectivity index (χ0) is 14.1. The molecule has 0 saturated carbocycles. The van der Waals surface area contributed by atoms with Gasteiger partial charge < -0.3 is 0 Å². The highest BCUT2D eigenvalue weighted by atomic mass is 19.4. The van der Waals surface area contributed by atoms with Crippen LogP contribution in [0.3, 0.4) is 0 Å². The molecule has 0 amide bonds. The second-order valence-corrected chi connectivity index (χ2v) is 3.34. The molecule has 0 N–H and O–H groups in total. The molecule has 0 fully saturated rings. The van der Waals surface area contributed by atoms with Gasteiger partial charge in [0.1, 0.15) is 5.56 Å². The Morgan fingerprint density at radius 3 is 2.33 bits per heavy atom. The molecule has 1 rings (SSSR count). The maximum absolute atomic E-state index is 12.7. The Hall–Kier alpha value is -2.43. The molecule has 0 aliphatic rings. The van der Waals surface area contributed by atoms with Crippen LogP contribution in [-0.4, -0.2) is 10.7 Å². The molecule has 5 nitrogen and oxygen atoms in total. The van der Waals surface area contributed by atoms with Crippen LogP contribution in [0, 0.1) is 21.4 Å². The number of benzene rings is 1. The highest BCUT2D eigenvalue weighted by Crippen LogP contribution is 2.39. The van der Waals surface area contributed by atoms with Crippen molar-refractivity contribution in [2.75, 3.05) is 0 Å². The number of nitrogens with zero attached hydrogens (tertiary/aromatic N) is 2. The van der Waals surface area contributed by atoms with E-state index in [2.05, 4.69) is 0 Å². The van der Waals surface area contributed by atoms with E-state index in [1.807, 2.05) is 0 Å². The van der Waals surface area contributed by atoms with Crippen molar-refractivity contribution in [3.63, 3.8) is 0 Å². The first-order valence-electron chi connectivity index (χ1n) is 4.49. The van der Waals surface area contributed by atoms with Gasteiger partial charge in [0.2, 0.25) is 0 Å². The van der Waals surface area contributed by atoms with Crippen LogP contribution in [-0.2, 0) is 6.18 Å². The number of Topliss-reactive ketones (excluding diaryl/α,β-unsaturated/α-hetero) is 1. The Balaban J connectivity index is 3.79. The molecule has 18 heavy (non-hydrogen) atoms. The van der Waals surface area contributed by atoms with Gasteiger partial charge in [-0.2, -0.15) is 18.4 Å². The Morgan fingerprint density at radius 2 is 2.00 bits per heavy atom. The van der Waals surface area contributed by atoms with Crippen LogP contribution in [0.2, 0.25) is 0 Å². The van der Waals surface area contributed by atoms with Crippen molar-refractivity contribution in [3.8, 4) is 6.07 Å². The maximum atomic E-state index is 12.7. The molecule has 0 spiro atoms. The van der Waals surface area contributed by atoms with E-state index in [4.69, 9.17) is 5.26 Å². The third-order valence-corrected chi connectivity index (χ3v) is 2.11. The van der Waals surface area contributed by atoms with Gasteiger partial charge in [-0.05, 0) is 13.0 Å². The Bertz CT molecular complexity index is 538. The molecule has 0 aliphatic heterocycles. The number of carbonyl (C=O) groups is 1. The summed E-state index contributed by atoms with van der Waals surface area (Å²) in [5, 5.41) is 19.2. The third kappa shape index (κ3) is 2.45. The lowest BCUT2D eigenvalue weighted by Crippen LogP contribution is -2.15. The van der Waals surface area contributed by atoms with E-state index in [-0.39, 0.29) is 5.56 Å². The van der Waals surface area contributed by atoms with E-state index >= 15 is 0 Å². The molecule has 0 radical (unpaired) electrons. The Morgan fingerprint density at radius 1 is 1.44 bits per heavy atom. The second-order valence-electron chi connectivity index (χ2n) is 3.34. The number of hydrogen-bond acceptors (Lipinski definition) is 4. The van der Waals surface area contributed by atoms with Crippen molar-refractivity contribution >= 4 is 11.5 Å². The number of halogens is 3. The molecular weight excluding hydrogens is 253 g/mol. The van der Waals surface area contributed by atoms with E-state index in [0.29, 0.717) is 12.1 Å². The fourth-order valence-electron chi connectivity index (χ4n) is 1.41. The van der Waals surface area contributed by atoms with Gasteiger partial charge in [-0.15, -0.1) is 0 Å². The number of hydrogen-bond donors (Lipinski definition) is 0. The van der Waals surface area contributed by atoms with E-state index < -0.39 is 33.7 Å². The van der Waals surface area contributed by atoms with E-state index in [0.717, 1.165) is 6.92 Å². The summed E-state index contributed by atoms with van der Waals surface area (Å²) in [4.78, 5) is 20.5. The quantitative estimate of drug-likeness (QED) is 0.463. The number of nitriles is 1. The number of nitro benzene ring substituents is 1. The minimum absolute atomic E-state index is 0.375. The monoisotopic (exact) mass is 258 g/mol. The van der Waals surface area contributed by atoms with Crippen molar-refractivity contribution in [1.29, 1.82) is 5.26 Å². The zero-order valence-corrected chi connectivity index (χ0v) is 8.91. The largest absolute Gasteiger partial charge is 0.423 e. The van der Waals surface area contributed by atoms with Crippen LogP contribution in [0.1, 0.15) is 28.4 Å². The minimum Gasteiger partial charge on any atom is -0.294 e. The van der Waals surface area contributed by atoms with Crippen LogP contribution < -0.4 is 0 Å². The second kappa shape index (κ2) is 4.44. The summed E-state index contributed by atoms with van der Waals surface area (Å²) in [5.74, 6) is -0.998. The molecule has 0 aromatic heterocycles. The smallest absolute Gasteiger partial charge is 0.294 e. The van der Waals surface area contributed by atoms with Crippen molar-refractivity contribution in [2.45, 2.75) is 13.1 Å². The van der Waals surface area contributed by atoms with Gasteiger partial charge in [-0.1, -0.05) is 0 Å². The van der Waals surface area contributed by atoms with Crippen LogP contribution in [0.5, 0.6) is 0 Å². The molecule has 0 unspecified atom stereocenters. The van der Waals surface area contributed by atoms with E-state index in [1.165, 1.54) is 6.07 Å². The molecule has 8 heteroatoms. The SMILES string of the molecule is CC(=O)c1cc(C#N)cc([N+](=O)[O-])c1C(F)(F)F. The highest BCUT2D eigenvalue weighted by molar-refractivity contribution is 5.97. The summed E-state index contributed by atoms with van der Waals surface area (Å²) in [7, 11) is 0. The van der Waals surface area contributed by atoms with Crippen LogP contribution in [0.15, 0.2) is 12.1 Å². The van der Waals surface area contributed by atoms with Gasteiger partial charge in [0.05, 0.1) is 16.6 Å². The predicted molar refractivity (Wildman–Crippen MR) is 52.8 cm³/mol. The van der Waals surface area contributed by atoms with Crippen molar-refractivity contribution in [2.24, 2.45) is 0 Å². The number of nitro groups is 1. The van der Waals surface area contributed by atoms with Crippen molar-refractivity contribution < 1.29 is 22.9 Å². The van der Waals surface area contributed by atoms with Crippen LogP contribution in [0.4, 0.5) is 18.9 Å². The minimum atomic E-state index is -5.04. The Labute approximate surface area is 98.6 Å². The van der Waals surface area contributed by atoms with Gasteiger partial charge in [0.15, 0.2) is 5.78 Å². The first-order chi connectivity index (χ1) is 8.18. The number of rotatable bonds is 2. The van der Waals surface area contributed by atoms with Gasteiger partial charge >= 0.3 is 6.18 Å². The number of carbonyl (C=O) groups excluding carboxylic acids is 1. The predicted octanol–water partition coefficient (Wildman–Crippen LogP) is 2.69. The van der Waals surface area contributed by atoms with Crippen LogP contribution in [0.25, 0.3) is 0 Å². The maximum Gasteiger partial charge on any atom is 0.423 e. The van der Waals surface area contributed by atoms with Gasteiger partial charge in [0, 0.05) is 11.6 Å². The fraction of sp³-hybridized carbons (Fsp3) is 0.200. The molecular formula is C10H5F3N2O3. The van der Waals surface area contributed by atoms with E-state index in [9.17, 15) is 28.1 Å². The number of ketones is 1. The highest BCUT2D eigenvalue weighted by Gasteiger charge is 2.42. The standard InChI is InChI=1S/C10H5F3N2O3/c1-5(16)7-2-6(4-14)3-8(15(17)18)9(7)10(11,12)13/h2-3H,1H3. The average molecular weight is 258 g/mol. The first-order valence-corrected chi connectivity index (χ1v) is 4.49. The lowest BCUT2D eigenvalue weighted by molar-refractivity contribution is -0.388. The molecule has 94 valence electrons. The van der Waals surface area contributed by atoms with Gasteiger partial charge in [-0.25, -0.2) is 0 Å². The summed E-state index contributed by atoms with van der Waals surface area (Å²) in [6, 6.07) is 2.66. The lowest BCUT2D eigenvalue weighted by Gasteiger charge is -2.11. The molecule has 0 aliphatic carbocycles. The molecule has 0 atom stereocenters. The third-order valence-electron chi connectivity index (χ3n) is 2.11. The van der Waals surface area contributed by atoms with E-state index in [1.54, 1.807) is 0 Å². The molecule has 1 aromatic carbocycles. The molecule has 1 aromatic rings. The summed E-state index contributed by atoms with van der Waals surface area (Å²) in [5.41, 5.74) is -4.18. The molecule has 0 saturated heterocycles. The topological polar surface area (TPSA) is 84.0 Å². The van der Waals surface area contributed by atoms with Crippen molar-refractivity contribution in [1.82, 2.24) is 0 Å². The number of alkyl halides is 3. The van der Waals surface area contributed by atoms with Gasteiger partial charge in [0.25, 0.3) is 5.69 Å². The summed E-state index contributed by atoms with van der Waals surface area (Å²) in [6.07, 6.45) is -5.04. The normalized spacial score (nSPS) is 10.8. The molecule has 0 bridgehead atoms. The average Bonchev–Trinajstić information content (AvgIpc) is 2.25. The van der Waals surface area contributed by atoms with Crippen LogP contribution >= 0.6 is 0 Å². The molecule has 0 heterocycles. The lowest BCUT2D eigenvalue weighted by atomic mass is 9.99. The first kappa shape index (κ1) is 13.6.